The summed E-state index contributed by atoms with van der Waals surface area (Å²) < 4.78 is 7.31. The number of imide groups is 1. The van der Waals surface area contributed by atoms with Gasteiger partial charge in [0.25, 0.3) is 5.91 Å². The molecule has 0 saturated carbocycles. The minimum Gasteiger partial charge on any atom is -0.465 e. The van der Waals surface area contributed by atoms with Gasteiger partial charge in [-0.1, -0.05) is 11.3 Å². The van der Waals surface area contributed by atoms with E-state index < -0.39 is 11.9 Å². The average Bonchev–Trinajstić information content (AvgIpc) is 3.25. The third-order valence-corrected chi connectivity index (χ3v) is 5.95. The van der Waals surface area contributed by atoms with Gasteiger partial charge in [-0.3, -0.25) is 19.3 Å². The molecule has 0 aliphatic carbocycles. The Morgan fingerprint density at radius 1 is 1.00 bits per heavy atom. The van der Waals surface area contributed by atoms with Crippen LogP contribution in [-0.2, 0) is 21.4 Å². The van der Waals surface area contributed by atoms with Crippen LogP contribution < -0.4 is 9.70 Å². The minimum atomic E-state index is -0.448. The standard InChI is InChI=1S/C21H17N3O5S/c1-23-15-8-5-13(20(28)29-2)11-16(15)30-21(23)22-19(27)12-3-6-14(7-4-12)24-17(25)9-10-18(24)26/h3-8,11H,9-10H2,1-2H3. The third kappa shape index (κ3) is 3.43. The fourth-order valence-corrected chi connectivity index (χ4v) is 4.31. The molecule has 30 heavy (non-hydrogen) atoms. The minimum absolute atomic E-state index is 0.203. The molecular weight excluding hydrogens is 406 g/mol. The van der Waals surface area contributed by atoms with Crippen molar-refractivity contribution in [3.63, 3.8) is 0 Å². The number of fused-ring (bicyclic) bond motifs is 1. The van der Waals surface area contributed by atoms with Crippen LogP contribution in [-0.4, -0.2) is 35.4 Å². The van der Waals surface area contributed by atoms with Crippen molar-refractivity contribution in [1.82, 2.24) is 4.57 Å². The van der Waals surface area contributed by atoms with Crippen molar-refractivity contribution < 1.29 is 23.9 Å². The number of carbonyl (C=O) groups is 4. The van der Waals surface area contributed by atoms with Crippen LogP contribution >= 0.6 is 11.3 Å². The molecular formula is C21H17N3O5S. The summed E-state index contributed by atoms with van der Waals surface area (Å²) in [7, 11) is 3.11. The Hall–Kier alpha value is -3.59. The van der Waals surface area contributed by atoms with Gasteiger partial charge in [0.2, 0.25) is 11.8 Å². The Morgan fingerprint density at radius 2 is 1.63 bits per heavy atom. The molecule has 1 aromatic heterocycles. The van der Waals surface area contributed by atoms with Crippen LogP contribution in [0.25, 0.3) is 10.2 Å². The third-order valence-electron chi connectivity index (χ3n) is 4.85. The summed E-state index contributed by atoms with van der Waals surface area (Å²) in [6.45, 7) is 0. The van der Waals surface area contributed by atoms with Crippen LogP contribution in [0.1, 0.15) is 33.6 Å². The number of rotatable bonds is 3. The monoisotopic (exact) mass is 423 g/mol. The molecule has 8 nitrogen and oxygen atoms in total. The molecule has 1 aliphatic heterocycles. The summed E-state index contributed by atoms with van der Waals surface area (Å²) in [6, 6.07) is 11.4. The van der Waals surface area contributed by atoms with E-state index in [0.717, 1.165) is 15.1 Å². The number of aromatic nitrogens is 1. The lowest BCUT2D eigenvalue weighted by atomic mass is 10.2. The highest BCUT2D eigenvalue weighted by Gasteiger charge is 2.30. The SMILES string of the molecule is COC(=O)c1ccc2c(c1)sc(=NC(=O)c1ccc(N3C(=O)CCC3=O)cc1)n2C. The van der Waals surface area contributed by atoms with Gasteiger partial charge in [0.15, 0.2) is 4.80 Å². The number of nitrogens with zero attached hydrogens (tertiary/aromatic N) is 3. The topological polar surface area (TPSA) is 98.0 Å². The van der Waals surface area contributed by atoms with Crippen LogP contribution in [0.15, 0.2) is 47.5 Å². The molecule has 0 unspecified atom stereocenters. The molecule has 4 rings (SSSR count). The fourth-order valence-electron chi connectivity index (χ4n) is 3.25. The van der Waals surface area contributed by atoms with Crippen molar-refractivity contribution >= 4 is 50.9 Å². The van der Waals surface area contributed by atoms with Crippen LogP contribution in [0.2, 0.25) is 0 Å². The molecule has 1 saturated heterocycles. The van der Waals surface area contributed by atoms with Gasteiger partial charge in [0.1, 0.15) is 0 Å². The first-order valence-corrected chi connectivity index (χ1v) is 9.93. The molecule has 0 N–H and O–H groups in total. The zero-order valence-electron chi connectivity index (χ0n) is 16.2. The van der Waals surface area contributed by atoms with Crippen molar-refractivity contribution in [2.24, 2.45) is 12.0 Å². The van der Waals surface area contributed by atoms with E-state index in [4.69, 9.17) is 4.74 Å². The van der Waals surface area contributed by atoms with E-state index in [9.17, 15) is 19.2 Å². The van der Waals surface area contributed by atoms with Gasteiger partial charge in [-0.2, -0.15) is 4.99 Å². The van der Waals surface area contributed by atoms with E-state index >= 15 is 0 Å². The first kappa shape index (κ1) is 19.7. The van der Waals surface area contributed by atoms with Crippen LogP contribution in [0.5, 0.6) is 0 Å². The number of ether oxygens (including phenoxy) is 1. The Labute approximate surface area is 175 Å². The molecule has 0 spiro atoms. The van der Waals surface area contributed by atoms with Gasteiger partial charge in [-0.05, 0) is 42.5 Å². The Morgan fingerprint density at radius 3 is 2.27 bits per heavy atom. The van der Waals surface area contributed by atoms with Gasteiger partial charge < -0.3 is 9.30 Å². The number of anilines is 1. The van der Waals surface area contributed by atoms with E-state index in [1.54, 1.807) is 54.1 Å². The summed E-state index contributed by atoms with van der Waals surface area (Å²) in [4.78, 5) is 53.9. The molecule has 2 heterocycles. The highest BCUT2D eigenvalue weighted by molar-refractivity contribution is 7.16. The second kappa shape index (κ2) is 7.68. The van der Waals surface area contributed by atoms with Crippen molar-refractivity contribution in [3.05, 3.63) is 58.4 Å². The summed E-state index contributed by atoms with van der Waals surface area (Å²) in [5.74, 6) is -1.37. The number of methoxy groups -OCH3 is 1. The number of hydrogen-bond acceptors (Lipinski definition) is 6. The second-order valence-electron chi connectivity index (χ2n) is 6.70. The first-order valence-electron chi connectivity index (χ1n) is 9.12. The van der Waals surface area contributed by atoms with Crippen molar-refractivity contribution in [2.45, 2.75) is 12.8 Å². The molecule has 0 atom stereocenters. The maximum Gasteiger partial charge on any atom is 0.337 e. The number of thiazole rings is 1. The lowest BCUT2D eigenvalue weighted by Gasteiger charge is -2.13. The smallest absolute Gasteiger partial charge is 0.337 e. The molecule has 3 aromatic rings. The molecule has 9 heteroatoms. The Bertz CT molecular complexity index is 1250. The van der Waals surface area contributed by atoms with Gasteiger partial charge in [-0.25, -0.2) is 4.79 Å². The Kier molecular flexibility index (Phi) is 5.04. The van der Waals surface area contributed by atoms with Crippen molar-refractivity contribution in [1.29, 1.82) is 0 Å². The normalized spacial score (nSPS) is 14.6. The molecule has 0 bridgehead atoms. The van der Waals surface area contributed by atoms with Gasteiger partial charge in [-0.15, -0.1) is 0 Å². The predicted octanol–water partition coefficient (Wildman–Crippen LogP) is 2.42. The largest absolute Gasteiger partial charge is 0.465 e. The van der Waals surface area contributed by atoms with E-state index in [-0.39, 0.29) is 24.7 Å². The number of amides is 3. The summed E-state index contributed by atoms with van der Waals surface area (Å²) in [6.07, 6.45) is 0.407. The van der Waals surface area contributed by atoms with E-state index in [0.29, 0.717) is 21.6 Å². The molecule has 152 valence electrons. The highest BCUT2D eigenvalue weighted by Crippen LogP contribution is 2.23. The average molecular weight is 423 g/mol. The number of benzene rings is 2. The van der Waals surface area contributed by atoms with Crippen molar-refractivity contribution in [2.75, 3.05) is 12.0 Å². The zero-order chi connectivity index (χ0) is 21.4. The van der Waals surface area contributed by atoms with Gasteiger partial charge >= 0.3 is 5.97 Å². The molecule has 1 fully saturated rings. The van der Waals surface area contributed by atoms with E-state index in [1.165, 1.54) is 18.4 Å². The fraction of sp³-hybridized carbons (Fsp3) is 0.190. The number of esters is 1. The molecule has 2 aromatic carbocycles. The van der Waals surface area contributed by atoms with E-state index in [2.05, 4.69) is 4.99 Å². The number of hydrogen-bond donors (Lipinski definition) is 0. The lowest BCUT2D eigenvalue weighted by Crippen LogP contribution is -2.28. The summed E-state index contributed by atoms with van der Waals surface area (Å²) in [5.41, 5.74) is 2.04. The molecule has 3 amide bonds. The summed E-state index contributed by atoms with van der Waals surface area (Å²) in [5, 5.41) is 0. The maximum absolute atomic E-state index is 12.6. The molecule has 1 aliphatic rings. The van der Waals surface area contributed by atoms with Crippen LogP contribution in [0.3, 0.4) is 0 Å². The lowest BCUT2D eigenvalue weighted by molar-refractivity contribution is -0.121. The van der Waals surface area contributed by atoms with Crippen molar-refractivity contribution in [3.8, 4) is 0 Å². The molecule has 0 radical (unpaired) electrons. The quantitative estimate of drug-likeness (QED) is 0.476. The first-order chi connectivity index (χ1) is 14.4. The Balaban J connectivity index is 1.64. The van der Waals surface area contributed by atoms with E-state index in [1.807, 2.05) is 0 Å². The van der Waals surface area contributed by atoms with Gasteiger partial charge in [0, 0.05) is 25.5 Å². The highest BCUT2D eigenvalue weighted by atomic mass is 32.1. The van der Waals surface area contributed by atoms with Crippen LogP contribution in [0, 0.1) is 0 Å². The predicted molar refractivity (Wildman–Crippen MR) is 110 cm³/mol. The number of carbonyl (C=O) groups excluding carboxylic acids is 4. The number of aryl methyl sites for hydroxylation is 1. The van der Waals surface area contributed by atoms with Crippen LogP contribution in [0.4, 0.5) is 5.69 Å². The zero-order valence-corrected chi connectivity index (χ0v) is 17.1. The summed E-state index contributed by atoms with van der Waals surface area (Å²) >= 11 is 1.28. The second-order valence-corrected chi connectivity index (χ2v) is 7.71. The maximum atomic E-state index is 12.6. The van der Waals surface area contributed by atoms with Gasteiger partial charge in [0.05, 0.1) is 28.6 Å².